The average molecular weight is 412 g/mol. The predicted octanol–water partition coefficient (Wildman–Crippen LogP) is 6.67. The zero-order valence-corrected chi connectivity index (χ0v) is 19.0. The topological polar surface area (TPSA) is 26.0 Å². The molecule has 0 aliphatic heterocycles. The van der Waals surface area contributed by atoms with Gasteiger partial charge < -0.3 is 5.73 Å². The highest BCUT2D eigenvalue weighted by molar-refractivity contribution is 7.80. The summed E-state index contributed by atoms with van der Waals surface area (Å²) in [4.78, 5) is 1.73. The summed E-state index contributed by atoms with van der Waals surface area (Å²) in [6, 6.07) is 20.9. The Labute approximate surface area is 181 Å². The molecule has 2 N–H and O–H groups in total. The van der Waals surface area contributed by atoms with Crippen LogP contribution >= 0.6 is 24.8 Å². The van der Waals surface area contributed by atoms with Crippen LogP contribution in [0.2, 0.25) is 0 Å². The first kappa shape index (κ1) is 21.4. The van der Waals surface area contributed by atoms with Crippen molar-refractivity contribution in [3.8, 4) is 0 Å². The number of nitrogens with two attached hydrogens (primary N) is 1. The number of thiol groups is 1. The fourth-order valence-corrected chi connectivity index (χ4v) is 6.05. The van der Waals surface area contributed by atoms with Crippen molar-refractivity contribution in [1.29, 1.82) is 0 Å². The molecule has 2 saturated carbocycles. The fourth-order valence-electron chi connectivity index (χ4n) is 5.72. The van der Waals surface area contributed by atoms with Crippen molar-refractivity contribution in [2.75, 3.05) is 0 Å². The van der Waals surface area contributed by atoms with Crippen LogP contribution in [0.5, 0.6) is 0 Å². The molecule has 2 bridgehead atoms. The van der Waals surface area contributed by atoms with Crippen molar-refractivity contribution in [3.63, 3.8) is 0 Å². The molecule has 28 heavy (non-hydrogen) atoms. The van der Waals surface area contributed by atoms with Crippen LogP contribution in [-0.2, 0) is 5.41 Å². The largest absolute Gasteiger partial charge is 0.393 e. The summed E-state index contributed by atoms with van der Waals surface area (Å²) >= 11 is 9.54. The molecule has 0 saturated heterocycles. The van der Waals surface area contributed by atoms with Crippen LogP contribution < -0.4 is 5.73 Å². The van der Waals surface area contributed by atoms with E-state index in [1.807, 2.05) is 30.3 Å². The average Bonchev–Trinajstić information content (AvgIpc) is 2.67. The number of thiocarbonyl (C=S) groups is 1. The number of hydrogen-bond acceptors (Lipinski definition) is 2. The second-order valence-corrected chi connectivity index (χ2v) is 10.2. The molecule has 150 valence electrons. The second kappa shape index (κ2) is 8.59. The third kappa shape index (κ3) is 4.31. The van der Waals surface area contributed by atoms with E-state index in [-0.39, 0.29) is 10.8 Å². The Morgan fingerprint density at radius 2 is 1.57 bits per heavy atom. The molecule has 5 unspecified atom stereocenters. The zero-order chi connectivity index (χ0) is 20.4. The van der Waals surface area contributed by atoms with Crippen LogP contribution in [0.1, 0.15) is 52.0 Å². The van der Waals surface area contributed by atoms with Gasteiger partial charge in [-0.3, -0.25) is 0 Å². The van der Waals surface area contributed by atoms with E-state index >= 15 is 0 Å². The Bertz CT molecular complexity index is 791. The molecule has 2 fully saturated rings. The van der Waals surface area contributed by atoms with E-state index in [1.54, 1.807) is 0 Å². The summed E-state index contributed by atoms with van der Waals surface area (Å²) in [5.74, 6) is 2.22. The maximum atomic E-state index is 6.15. The first-order valence-electron chi connectivity index (χ1n) is 10.4. The van der Waals surface area contributed by atoms with E-state index in [0.29, 0.717) is 10.9 Å². The van der Waals surface area contributed by atoms with Crippen LogP contribution in [0.4, 0.5) is 0 Å². The van der Waals surface area contributed by atoms with Gasteiger partial charge in [0.25, 0.3) is 0 Å². The molecular weight excluding hydrogens is 378 g/mol. The molecule has 2 aliphatic carbocycles. The fraction of sp³-hybridized carbons (Fsp3) is 0.480. The molecule has 3 heteroatoms. The molecule has 0 spiro atoms. The van der Waals surface area contributed by atoms with Crippen LogP contribution in [0.15, 0.2) is 65.6 Å². The van der Waals surface area contributed by atoms with Crippen molar-refractivity contribution in [3.05, 3.63) is 66.2 Å². The van der Waals surface area contributed by atoms with Crippen LogP contribution in [0.3, 0.4) is 0 Å². The van der Waals surface area contributed by atoms with Gasteiger partial charge in [0.15, 0.2) is 0 Å². The van der Waals surface area contributed by atoms with E-state index in [0.717, 1.165) is 23.2 Å². The van der Waals surface area contributed by atoms with Gasteiger partial charge in [-0.25, -0.2) is 0 Å². The van der Waals surface area contributed by atoms with E-state index in [4.69, 9.17) is 18.0 Å². The molecule has 5 atom stereocenters. The van der Waals surface area contributed by atoms with Gasteiger partial charge in [0, 0.05) is 10.3 Å². The van der Waals surface area contributed by atoms with E-state index in [2.05, 4.69) is 63.7 Å². The number of fused-ring (bicyclic) bond motifs is 2. The molecule has 0 amide bonds. The molecule has 2 aromatic carbocycles. The molecule has 2 aliphatic rings. The normalized spacial score (nSPS) is 34.1. The SMILES string of the molecule is CC1CC2CC(C)(C(N)=S)CC(c3ccccc3)(C2)C1C.Sc1ccccc1. The molecular formula is C25H33NS2. The van der Waals surface area contributed by atoms with Gasteiger partial charge >= 0.3 is 0 Å². The summed E-state index contributed by atoms with van der Waals surface area (Å²) < 4.78 is 0. The van der Waals surface area contributed by atoms with Gasteiger partial charge in [0.2, 0.25) is 0 Å². The Hall–Kier alpha value is -1.32. The minimum Gasteiger partial charge on any atom is -0.393 e. The first-order valence-corrected chi connectivity index (χ1v) is 11.2. The number of benzene rings is 2. The Morgan fingerprint density at radius 3 is 2.07 bits per heavy atom. The lowest BCUT2D eigenvalue weighted by Crippen LogP contribution is -2.54. The molecule has 0 radical (unpaired) electrons. The van der Waals surface area contributed by atoms with E-state index in [1.165, 1.54) is 24.8 Å². The second-order valence-electron chi connectivity index (χ2n) is 9.24. The van der Waals surface area contributed by atoms with Crippen LogP contribution in [0, 0.1) is 23.2 Å². The standard InChI is InChI=1S/C19H27NS.C6H6S/c1-13-9-15-10-18(3,17(20)21)12-19(11-15,14(13)2)16-7-5-4-6-8-16;7-6-4-2-1-3-5-6/h4-8,13-15H,9-12H2,1-3H3,(H2,20,21);1-5,7H. The third-order valence-corrected chi connectivity index (χ3v) is 8.02. The number of rotatable bonds is 2. The van der Waals surface area contributed by atoms with Crippen molar-refractivity contribution >= 4 is 29.8 Å². The summed E-state index contributed by atoms with van der Waals surface area (Å²) in [6.45, 7) is 7.17. The summed E-state index contributed by atoms with van der Waals surface area (Å²) in [7, 11) is 0. The quantitative estimate of drug-likeness (QED) is 0.426. The van der Waals surface area contributed by atoms with Gasteiger partial charge in [-0.15, -0.1) is 12.6 Å². The van der Waals surface area contributed by atoms with Crippen molar-refractivity contribution in [2.45, 2.75) is 56.8 Å². The van der Waals surface area contributed by atoms with Gasteiger partial charge in [-0.2, -0.15) is 0 Å². The smallest absolute Gasteiger partial charge is 0.0787 e. The van der Waals surface area contributed by atoms with Crippen molar-refractivity contribution in [2.24, 2.45) is 28.9 Å². The van der Waals surface area contributed by atoms with Crippen molar-refractivity contribution < 1.29 is 0 Å². The Kier molecular flexibility index (Phi) is 6.56. The molecule has 0 aromatic heterocycles. The summed E-state index contributed by atoms with van der Waals surface area (Å²) in [6.07, 6.45) is 4.92. The zero-order valence-electron chi connectivity index (χ0n) is 17.3. The minimum absolute atomic E-state index is 0.0164. The Morgan fingerprint density at radius 1 is 1.00 bits per heavy atom. The van der Waals surface area contributed by atoms with E-state index < -0.39 is 0 Å². The highest BCUT2D eigenvalue weighted by Crippen LogP contribution is 2.60. The van der Waals surface area contributed by atoms with Gasteiger partial charge in [-0.05, 0) is 66.5 Å². The maximum absolute atomic E-state index is 6.15. The lowest BCUT2D eigenvalue weighted by Gasteiger charge is -2.58. The summed E-state index contributed by atoms with van der Waals surface area (Å²) in [5.41, 5.74) is 7.92. The van der Waals surface area contributed by atoms with Gasteiger partial charge in [0.1, 0.15) is 0 Å². The molecule has 2 aromatic rings. The van der Waals surface area contributed by atoms with Crippen molar-refractivity contribution in [1.82, 2.24) is 0 Å². The lowest BCUT2D eigenvalue weighted by atomic mass is 9.47. The minimum atomic E-state index is 0.0164. The monoisotopic (exact) mass is 411 g/mol. The highest BCUT2D eigenvalue weighted by Gasteiger charge is 2.54. The van der Waals surface area contributed by atoms with Gasteiger partial charge in [0.05, 0.1) is 4.99 Å². The van der Waals surface area contributed by atoms with Crippen LogP contribution in [0.25, 0.3) is 0 Å². The van der Waals surface area contributed by atoms with Gasteiger partial charge in [-0.1, -0.05) is 81.5 Å². The number of hydrogen-bond donors (Lipinski definition) is 2. The molecule has 1 nitrogen and oxygen atoms in total. The van der Waals surface area contributed by atoms with Crippen LogP contribution in [-0.4, -0.2) is 4.99 Å². The third-order valence-electron chi connectivity index (χ3n) is 7.23. The molecule has 0 heterocycles. The molecule has 4 rings (SSSR count). The Balaban J connectivity index is 0.000000271. The maximum Gasteiger partial charge on any atom is 0.0787 e. The summed E-state index contributed by atoms with van der Waals surface area (Å²) in [5, 5.41) is 0. The van der Waals surface area contributed by atoms with E-state index in [9.17, 15) is 0 Å². The predicted molar refractivity (Wildman–Crippen MR) is 127 cm³/mol. The highest BCUT2D eigenvalue weighted by atomic mass is 32.1. The lowest BCUT2D eigenvalue weighted by molar-refractivity contribution is 0.00599. The first-order chi connectivity index (χ1) is 13.3.